The summed E-state index contributed by atoms with van der Waals surface area (Å²) in [6.45, 7) is 7.08. The highest BCUT2D eigenvalue weighted by molar-refractivity contribution is 6.01. The van der Waals surface area contributed by atoms with Crippen LogP contribution in [0.1, 0.15) is 19.4 Å². The van der Waals surface area contributed by atoms with Crippen LogP contribution in [0, 0.1) is 18.7 Å². The number of amides is 1. The summed E-state index contributed by atoms with van der Waals surface area (Å²) in [6.07, 6.45) is 0. The molecule has 0 aromatic heterocycles. The molecule has 1 heterocycles. The summed E-state index contributed by atoms with van der Waals surface area (Å²) in [5.74, 6) is 0.0935. The Balaban J connectivity index is 2.41. The fourth-order valence-electron chi connectivity index (χ4n) is 2.08. The maximum absolute atomic E-state index is 13.5. The van der Waals surface area contributed by atoms with E-state index in [4.69, 9.17) is 0 Å². The SMILES string of the molecule is Cc1cc2c(cc1F)NC(=O)CN2CC(C)C. The maximum atomic E-state index is 13.5. The molecule has 0 saturated carbocycles. The highest BCUT2D eigenvalue weighted by Crippen LogP contribution is 2.32. The number of anilines is 2. The highest BCUT2D eigenvalue weighted by Gasteiger charge is 2.23. The van der Waals surface area contributed by atoms with Gasteiger partial charge >= 0.3 is 0 Å². The van der Waals surface area contributed by atoms with Gasteiger partial charge in [-0.25, -0.2) is 4.39 Å². The molecule has 0 spiro atoms. The third kappa shape index (κ3) is 2.40. The van der Waals surface area contributed by atoms with Crippen molar-refractivity contribution < 1.29 is 9.18 Å². The number of hydrogen-bond donors (Lipinski definition) is 1. The number of hydrogen-bond acceptors (Lipinski definition) is 2. The summed E-state index contributed by atoms with van der Waals surface area (Å²) in [5, 5.41) is 2.71. The zero-order chi connectivity index (χ0) is 12.6. The van der Waals surface area contributed by atoms with Crippen LogP contribution in [0.4, 0.5) is 15.8 Å². The Kier molecular flexibility index (Phi) is 3.05. The van der Waals surface area contributed by atoms with Crippen molar-refractivity contribution in [3.8, 4) is 0 Å². The van der Waals surface area contributed by atoms with Crippen LogP contribution in [-0.2, 0) is 4.79 Å². The number of carbonyl (C=O) groups excluding carboxylic acids is 1. The van der Waals surface area contributed by atoms with Crippen LogP contribution < -0.4 is 10.2 Å². The molecule has 0 unspecified atom stereocenters. The van der Waals surface area contributed by atoms with Crippen molar-refractivity contribution in [3.05, 3.63) is 23.5 Å². The van der Waals surface area contributed by atoms with Gasteiger partial charge in [0, 0.05) is 6.54 Å². The first-order valence-electron chi connectivity index (χ1n) is 5.82. The number of benzene rings is 1. The quantitative estimate of drug-likeness (QED) is 0.855. The zero-order valence-electron chi connectivity index (χ0n) is 10.4. The Bertz CT molecular complexity index is 457. The van der Waals surface area contributed by atoms with Crippen LogP contribution >= 0.6 is 0 Å². The lowest BCUT2D eigenvalue weighted by Crippen LogP contribution is -2.40. The van der Waals surface area contributed by atoms with E-state index in [1.807, 2.05) is 4.90 Å². The van der Waals surface area contributed by atoms with Crippen LogP contribution in [0.2, 0.25) is 0 Å². The second kappa shape index (κ2) is 4.35. The van der Waals surface area contributed by atoms with Crippen molar-refractivity contribution in [2.75, 3.05) is 23.3 Å². The molecule has 1 N–H and O–H groups in total. The first-order valence-corrected chi connectivity index (χ1v) is 5.82. The first kappa shape index (κ1) is 11.9. The van der Waals surface area contributed by atoms with Gasteiger partial charge in [-0.05, 0) is 30.5 Å². The van der Waals surface area contributed by atoms with Gasteiger partial charge in [0.2, 0.25) is 5.91 Å². The lowest BCUT2D eigenvalue weighted by atomic mass is 10.1. The Labute approximate surface area is 101 Å². The summed E-state index contributed by atoms with van der Waals surface area (Å²) in [6, 6.07) is 3.20. The number of nitrogens with one attached hydrogen (secondary N) is 1. The van der Waals surface area contributed by atoms with Crippen LogP contribution in [0.3, 0.4) is 0 Å². The monoisotopic (exact) mass is 236 g/mol. The molecule has 0 radical (unpaired) electrons. The molecule has 3 nitrogen and oxygen atoms in total. The van der Waals surface area contributed by atoms with Crippen LogP contribution in [0.5, 0.6) is 0 Å². The number of halogens is 1. The number of fused-ring (bicyclic) bond motifs is 1. The van der Waals surface area contributed by atoms with Crippen molar-refractivity contribution in [1.29, 1.82) is 0 Å². The molecule has 0 fully saturated rings. The van der Waals surface area contributed by atoms with E-state index in [1.165, 1.54) is 6.07 Å². The fraction of sp³-hybridized carbons (Fsp3) is 0.462. The smallest absolute Gasteiger partial charge is 0.243 e. The minimum absolute atomic E-state index is 0.0820. The number of nitrogens with zero attached hydrogens (tertiary/aromatic N) is 1. The van der Waals surface area contributed by atoms with Gasteiger partial charge in [0.15, 0.2) is 0 Å². The number of aryl methyl sites for hydroxylation is 1. The molecule has 1 aliphatic rings. The molecule has 17 heavy (non-hydrogen) atoms. The number of carbonyl (C=O) groups is 1. The summed E-state index contributed by atoms with van der Waals surface area (Å²) in [7, 11) is 0. The molecule has 1 aromatic carbocycles. The van der Waals surface area contributed by atoms with E-state index >= 15 is 0 Å². The Morgan fingerprint density at radius 1 is 1.47 bits per heavy atom. The van der Waals surface area contributed by atoms with Crippen LogP contribution in [0.25, 0.3) is 0 Å². The molecule has 0 aliphatic carbocycles. The van der Waals surface area contributed by atoms with Gasteiger partial charge in [-0.15, -0.1) is 0 Å². The first-order chi connectivity index (χ1) is 7.97. The summed E-state index contributed by atoms with van der Waals surface area (Å²) in [4.78, 5) is 13.5. The topological polar surface area (TPSA) is 32.3 Å². The van der Waals surface area contributed by atoms with Gasteiger partial charge in [-0.2, -0.15) is 0 Å². The van der Waals surface area contributed by atoms with Crippen molar-refractivity contribution in [3.63, 3.8) is 0 Å². The van der Waals surface area contributed by atoms with E-state index < -0.39 is 0 Å². The van der Waals surface area contributed by atoms with Gasteiger partial charge in [0.1, 0.15) is 5.82 Å². The van der Waals surface area contributed by atoms with E-state index in [0.717, 1.165) is 12.2 Å². The Morgan fingerprint density at radius 3 is 2.82 bits per heavy atom. The maximum Gasteiger partial charge on any atom is 0.243 e. The summed E-state index contributed by atoms with van der Waals surface area (Å²) < 4.78 is 13.5. The molecule has 1 amide bonds. The molecule has 1 aromatic rings. The van der Waals surface area contributed by atoms with Gasteiger partial charge in [0.25, 0.3) is 0 Å². The van der Waals surface area contributed by atoms with Gasteiger partial charge < -0.3 is 10.2 Å². The molecular formula is C13H17FN2O. The van der Waals surface area contributed by atoms with E-state index in [1.54, 1.807) is 13.0 Å². The third-order valence-corrected chi connectivity index (χ3v) is 2.81. The summed E-state index contributed by atoms with van der Waals surface area (Å²) in [5.41, 5.74) is 2.09. The second-order valence-electron chi connectivity index (χ2n) is 4.94. The molecular weight excluding hydrogens is 219 g/mol. The lowest BCUT2D eigenvalue weighted by Gasteiger charge is -2.32. The van der Waals surface area contributed by atoms with Crippen molar-refractivity contribution in [1.82, 2.24) is 0 Å². The minimum Gasteiger partial charge on any atom is -0.360 e. The largest absolute Gasteiger partial charge is 0.360 e. The van der Waals surface area contributed by atoms with Gasteiger partial charge in [-0.1, -0.05) is 13.8 Å². The molecule has 2 rings (SSSR count). The Hall–Kier alpha value is -1.58. The fourth-order valence-corrected chi connectivity index (χ4v) is 2.08. The van der Waals surface area contributed by atoms with Crippen molar-refractivity contribution >= 4 is 17.3 Å². The normalized spacial score (nSPS) is 14.9. The van der Waals surface area contributed by atoms with E-state index in [-0.39, 0.29) is 11.7 Å². The second-order valence-corrected chi connectivity index (χ2v) is 4.94. The zero-order valence-corrected chi connectivity index (χ0v) is 10.4. The van der Waals surface area contributed by atoms with Crippen LogP contribution in [-0.4, -0.2) is 19.0 Å². The predicted octanol–water partition coefficient (Wildman–Crippen LogP) is 2.55. The third-order valence-electron chi connectivity index (χ3n) is 2.81. The number of rotatable bonds is 2. The van der Waals surface area contributed by atoms with Gasteiger partial charge in [-0.3, -0.25) is 4.79 Å². The molecule has 0 atom stereocenters. The highest BCUT2D eigenvalue weighted by atomic mass is 19.1. The van der Waals surface area contributed by atoms with Gasteiger partial charge in [0.05, 0.1) is 17.9 Å². The van der Waals surface area contributed by atoms with Crippen molar-refractivity contribution in [2.24, 2.45) is 5.92 Å². The lowest BCUT2D eigenvalue weighted by molar-refractivity contribution is -0.115. The molecule has 0 saturated heterocycles. The standard InChI is InChI=1S/C13H17FN2O/c1-8(2)6-16-7-13(17)15-11-5-10(14)9(3)4-12(11)16/h4-5,8H,6-7H2,1-3H3,(H,15,17). The van der Waals surface area contributed by atoms with E-state index in [0.29, 0.717) is 23.7 Å². The average molecular weight is 236 g/mol. The molecule has 0 bridgehead atoms. The Morgan fingerprint density at radius 2 is 2.18 bits per heavy atom. The average Bonchev–Trinajstić information content (AvgIpc) is 2.20. The van der Waals surface area contributed by atoms with E-state index in [2.05, 4.69) is 19.2 Å². The summed E-state index contributed by atoms with van der Waals surface area (Å²) >= 11 is 0. The van der Waals surface area contributed by atoms with Crippen molar-refractivity contribution in [2.45, 2.75) is 20.8 Å². The van der Waals surface area contributed by atoms with Crippen LogP contribution in [0.15, 0.2) is 12.1 Å². The molecule has 1 aliphatic heterocycles. The molecule has 4 heteroatoms. The molecule has 92 valence electrons. The predicted molar refractivity (Wildman–Crippen MR) is 66.8 cm³/mol. The van der Waals surface area contributed by atoms with E-state index in [9.17, 15) is 9.18 Å². The minimum atomic E-state index is -0.282.